The molecule has 0 fully saturated rings. The van der Waals surface area contributed by atoms with Crippen LogP contribution in [0.3, 0.4) is 0 Å². The highest BCUT2D eigenvalue weighted by Gasteiger charge is 2.30. The number of nitrogens with one attached hydrogen (secondary N) is 1. The van der Waals surface area contributed by atoms with Crippen molar-refractivity contribution in [1.82, 2.24) is 10.3 Å². The van der Waals surface area contributed by atoms with Crippen molar-refractivity contribution in [3.05, 3.63) is 95.7 Å². The van der Waals surface area contributed by atoms with Crippen LogP contribution in [0.15, 0.2) is 83.9 Å². The number of benzene rings is 3. The molecule has 4 rings (SSSR count). The van der Waals surface area contributed by atoms with Gasteiger partial charge in [0.25, 0.3) is 5.91 Å². The molecule has 2 N–H and O–H groups in total. The number of carbonyl (C=O) groups excluding carboxylic acids is 1. The Hall–Kier alpha value is -4.30. The number of carbonyl (C=O) groups is 2. The number of hydrogen-bond acceptors (Lipinski definition) is 5. The van der Waals surface area contributed by atoms with Crippen molar-refractivity contribution < 1.29 is 23.1 Å². The monoisotopic (exact) mass is 556 g/mol. The van der Waals surface area contributed by atoms with E-state index in [0.717, 1.165) is 33.8 Å². The molecule has 3 aromatic carbocycles. The van der Waals surface area contributed by atoms with Crippen LogP contribution in [0.4, 0.5) is 0 Å². The first-order chi connectivity index (χ1) is 18.8. The summed E-state index contributed by atoms with van der Waals surface area (Å²) in [6, 6.07) is 21.2. The summed E-state index contributed by atoms with van der Waals surface area (Å²) >= 11 is 0. The summed E-state index contributed by atoms with van der Waals surface area (Å²) in [6.07, 6.45) is 4.60. The van der Waals surface area contributed by atoms with Crippen LogP contribution in [0, 0.1) is 0 Å². The van der Waals surface area contributed by atoms with Gasteiger partial charge in [0, 0.05) is 35.0 Å². The van der Waals surface area contributed by atoms with Crippen molar-refractivity contribution in [3.63, 3.8) is 0 Å². The van der Waals surface area contributed by atoms with E-state index >= 15 is 0 Å². The smallest absolute Gasteiger partial charge is 0.313 e. The first-order valence-electron chi connectivity index (χ1n) is 12.8. The standard InChI is InChI=1S/C32H32N2O5S/c1-20(2)34-30(35)28(22-11-13-26(14-12-22)40(5,38)39)17-21-8-6-9-23(16-21)27-19-25(32(3,4)31(36)37)18-24-10-7-15-33-29(24)27/h6-20H,1-5H3,(H,34,35)(H,36,37)/b28-17-. The van der Waals surface area contributed by atoms with Crippen LogP contribution in [0.2, 0.25) is 0 Å². The molecule has 0 atom stereocenters. The van der Waals surface area contributed by atoms with Gasteiger partial charge in [-0.1, -0.05) is 36.4 Å². The normalized spacial score (nSPS) is 12.5. The van der Waals surface area contributed by atoms with E-state index in [1.165, 1.54) is 12.1 Å². The Morgan fingerprint density at radius 3 is 2.30 bits per heavy atom. The fraction of sp³-hybridized carbons (Fsp3) is 0.219. The molecule has 0 aliphatic rings. The van der Waals surface area contributed by atoms with Crippen LogP contribution in [0.25, 0.3) is 33.7 Å². The third kappa shape index (κ3) is 6.13. The second-order valence-electron chi connectivity index (χ2n) is 10.6. The zero-order valence-corrected chi connectivity index (χ0v) is 23.9. The van der Waals surface area contributed by atoms with E-state index in [2.05, 4.69) is 10.3 Å². The lowest BCUT2D eigenvalue weighted by atomic mass is 9.82. The zero-order valence-electron chi connectivity index (χ0n) is 23.1. The molecule has 0 saturated carbocycles. The summed E-state index contributed by atoms with van der Waals surface area (Å²) < 4.78 is 23.9. The minimum atomic E-state index is -3.38. The van der Waals surface area contributed by atoms with Crippen LogP contribution in [-0.2, 0) is 24.8 Å². The highest BCUT2D eigenvalue weighted by atomic mass is 32.2. The Morgan fingerprint density at radius 2 is 1.68 bits per heavy atom. The number of amides is 1. The van der Waals surface area contributed by atoms with Crippen molar-refractivity contribution in [2.75, 3.05) is 6.26 Å². The van der Waals surface area contributed by atoms with Crippen molar-refractivity contribution in [3.8, 4) is 11.1 Å². The van der Waals surface area contributed by atoms with Gasteiger partial charge in [-0.05, 0) is 92.4 Å². The summed E-state index contributed by atoms with van der Waals surface area (Å²) in [5.74, 6) is -1.22. The zero-order chi connectivity index (χ0) is 29.2. The van der Waals surface area contributed by atoms with Gasteiger partial charge in [-0.25, -0.2) is 8.42 Å². The number of nitrogens with zero attached hydrogens (tertiary/aromatic N) is 1. The third-order valence-corrected chi connectivity index (χ3v) is 7.86. The lowest BCUT2D eigenvalue weighted by Gasteiger charge is -2.21. The van der Waals surface area contributed by atoms with Gasteiger partial charge >= 0.3 is 5.97 Å². The number of aromatic nitrogens is 1. The SMILES string of the molecule is CC(C)NC(=O)/C(=C\c1cccc(-c2cc(C(C)(C)C(=O)O)cc3cccnc23)c1)c1ccc(S(C)(=O)=O)cc1. The Bertz CT molecular complexity index is 1740. The highest BCUT2D eigenvalue weighted by Crippen LogP contribution is 2.35. The molecule has 7 nitrogen and oxygen atoms in total. The minimum Gasteiger partial charge on any atom is -0.481 e. The summed E-state index contributed by atoms with van der Waals surface area (Å²) in [4.78, 5) is 30.0. The van der Waals surface area contributed by atoms with Gasteiger partial charge in [0.1, 0.15) is 0 Å². The van der Waals surface area contributed by atoms with E-state index in [4.69, 9.17) is 0 Å². The van der Waals surface area contributed by atoms with E-state index in [1.54, 1.807) is 38.3 Å². The van der Waals surface area contributed by atoms with Crippen molar-refractivity contribution in [1.29, 1.82) is 0 Å². The maximum atomic E-state index is 13.2. The molecule has 0 spiro atoms. The van der Waals surface area contributed by atoms with Gasteiger partial charge in [0.05, 0.1) is 15.8 Å². The molecule has 0 radical (unpaired) electrons. The molecule has 1 aromatic heterocycles. The molecule has 1 heterocycles. The minimum absolute atomic E-state index is 0.102. The number of carboxylic acids is 1. The van der Waals surface area contributed by atoms with E-state index in [-0.39, 0.29) is 16.8 Å². The number of pyridine rings is 1. The number of sulfone groups is 1. The molecule has 8 heteroatoms. The number of fused-ring (bicyclic) bond motifs is 1. The first kappa shape index (κ1) is 28.7. The predicted molar refractivity (Wildman–Crippen MR) is 159 cm³/mol. The molecule has 206 valence electrons. The Balaban J connectivity index is 1.87. The summed E-state index contributed by atoms with van der Waals surface area (Å²) in [5, 5.41) is 13.6. The van der Waals surface area contributed by atoms with Crippen LogP contribution in [-0.4, -0.2) is 42.7 Å². The topological polar surface area (TPSA) is 113 Å². The van der Waals surface area contributed by atoms with Crippen molar-refractivity contribution >= 4 is 44.3 Å². The predicted octanol–water partition coefficient (Wildman–Crippen LogP) is 5.73. The highest BCUT2D eigenvalue weighted by molar-refractivity contribution is 7.90. The fourth-order valence-corrected chi connectivity index (χ4v) is 4.99. The fourth-order valence-electron chi connectivity index (χ4n) is 4.36. The van der Waals surface area contributed by atoms with Gasteiger partial charge in [0.2, 0.25) is 0 Å². The van der Waals surface area contributed by atoms with Gasteiger partial charge in [-0.15, -0.1) is 0 Å². The summed E-state index contributed by atoms with van der Waals surface area (Å²) in [5.41, 5.74) is 3.58. The van der Waals surface area contributed by atoms with Crippen molar-refractivity contribution in [2.45, 2.75) is 44.0 Å². The van der Waals surface area contributed by atoms with E-state index in [1.807, 2.05) is 62.4 Å². The van der Waals surface area contributed by atoms with Gasteiger partial charge < -0.3 is 10.4 Å². The number of rotatable bonds is 8. The van der Waals surface area contributed by atoms with E-state index in [9.17, 15) is 23.1 Å². The lowest BCUT2D eigenvalue weighted by molar-refractivity contribution is -0.142. The summed E-state index contributed by atoms with van der Waals surface area (Å²) in [6.45, 7) is 7.08. The average molecular weight is 557 g/mol. The van der Waals surface area contributed by atoms with Crippen LogP contribution >= 0.6 is 0 Å². The largest absolute Gasteiger partial charge is 0.481 e. The van der Waals surface area contributed by atoms with Crippen LogP contribution in [0.1, 0.15) is 44.4 Å². The molecule has 0 aliphatic carbocycles. The molecule has 1 amide bonds. The molecule has 0 unspecified atom stereocenters. The second-order valence-corrected chi connectivity index (χ2v) is 12.7. The third-order valence-electron chi connectivity index (χ3n) is 6.73. The summed E-state index contributed by atoms with van der Waals surface area (Å²) in [7, 11) is -3.38. The quantitative estimate of drug-likeness (QED) is 0.212. The van der Waals surface area contributed by atoms with Crippen LogP contribution < -0.4 is 5.32 Å². The molecule has 0 saturated heterocycles. The van der Waals surface area contributed by atoms with Gasteiger partial charge in [0.15, 0.2) is 9.84 Å². The van der Waals surface area contributed by atoms with Gasteiger partial charge in [-0.2, -0.15) is 0 Å². The second kappa shape index (κ2) is 11.1. The number of carboxylic acid groups (broad SMARTS) is 1. The molecule has 40 heavy (non-hydrogen) atoms. The number of aliphatic carboxylic acids is 1. The Kier molecular flexibility index (Phi) is 7.93. The molecule has 0 bridgehead atoms. The molecule has 0 aliphatic heterocycles. The molecular formula is C32H32N2O5S. The van der Waals surface area contributed by atoms with E-state index < -0.39 is 21.2 Å². The average Bonchev–Trinajstić information content (AvgIpc) is 2.90. The molecule has 4 aromatic rings. The lowest BCUT2D eigenvalue weighted by Crippen LogP contribution is -2.30. The molecular weight excluding hydrogens is 524 g/mol. The maximum absolute atomic E-state index is 13.2. The Labute approximate surface area is 234 Å². The Morgan fingerprint density at radius 1 is 0.975 bits per heavy atom. The van der Waals surface area contributed by atoms with E-state index in [0.29, 0.717) is 16.7 Å². The van der Waals surface area contributed by atoms with Crippen molar-refractivity contribution in [2.24, 2.45) is 0 Å². The van der Waals surface area contributed by atoms with Crippen LogP contribution in [0.5, 0.6) is 0 Å². The maximum Gasteiger partial charge on any atom is 0.313 e. The van der Waals surface area contributed by atoms with Gasteiger partial charge in [-0.3, -0.25) is 14.6 Å². The number of hydrogen-bond donors (Lipinski definition) is 2. The first-order valence-corrected chi connectivity index (χ1v) is 14.7.